The van der Waals surface area contributed by atoms with Crippen LogP contribution in [-0.4, -0.2) is 41.5 Å². The number of carboxylic acid groups (broad SMARTS) is 1. The summed E-state index contributed by atoms with van der Waals surface area (Å²) in [5.41, 5.74) is 0. The summed E-state index contributed by atoms with van der Waals surface area (Å²) in [6.45, 7) is -0.272. The van der Waals surface area contributed by atoms with E-state index in [9.17, 15) is 4.79 Å². The monoisotopic (exact) mass is 292 g/mol. The van der Waals surface area contributed by atoms with Gasteiger partial charge in [0.25, 0.3) is 0 Å². The standard InChI is InChI=1S/C6H5ClN6O2S2/c7-5-9-8-3(17-5)2-16-6-10-11-12-13(6)1-4(14)15/h1-2H2,(H,14,15). The molecule has 0 fully saturated rings. The second-order valence-electron chi connectivity index (χ2n) is 2.75. The average molecular weight is 293 g/mol. The number of aromatic nitrogens is 6. The molecule has 0 aliphatic heterocycles. The first kappa shape index (κ1) is 12.2. The number of aliphatic carboxylic acids is 1. The van der Waals surface area contributed by atoms with Crippen molar-refractivity contribution in [1.29, 1.82) is 0 Å². The number of carboxylic acids is 1. The number of thioether (sulfide) groups is 1. The van der Waals surface area contributed by atoms with Gasteiger partial charge in [0.15, 0.2) is 0 Å². The Bertz CT molecular complexity index is 528. The number of hydrogen-bond donors (Lipinski definition) is 1. The molecule has 2 aromatic heterocycles. The Morgan fingerprint density at radius 2 is 2.29 bits per heavy atom. The quantitative estimate of drug-likeness (QED) is 0.796. The van der Waals surface area contributed by atoms with E-state index >= 15 is 0 Å². The molecule has 0 spiro atoms. The van der Waals surface area contributed by atoms with Crippen molar-refractivity contribution in [3.05, 3.63) is 9.47 Å². The molecule has 0 aliphatic carbocycles. The van der Waals surface area contributed by atoms with Crippen molar-refractivity contribution in [2.45, 2.75) is 17.5 Å². The highest BCUT2D eigenvalue weighted by molar-refractivity contribution is 7.98. The molecule has 0 bridgehead atoms. The predicted octanol–water partition coefficient (Wildman–Crippen LogP) is 0.555. The third kappa shape index (κ3) is 3.35. The van der Waals surface area contributed by atoms with Gasteiger partial charge in [-0.15, -0.1) is 15.3 Å². The minimum atomic E-state index is -1.00. The van der Waals surface area contributed by atoms with E-state index in [2.05, 4.69) is 25.7 Å². The Kier molecular flexibility index (Phi) is 3.86. The molecule has 2 heterocycles. The predicted molar refractivity (Wildman–Crippen MR) is 59.9 cm³/mol. The van der Waals surface area contributed by atoms with Gasteiger partial charge >= 0.3 is 5.97 Å². The molecule has 0 saturated carbocycles. The fourth-order valence-corrected chi connectivity index (χ4v) is 2.67. The largest absolute Gasteiger partial charge is 0.480 e. The third-order valence-electron chi connectivity index (χ3n) is 1.55. The number of carbonyl (C=O) groups is 1. The number of rotatable bonds is 5. The summed E-state index contributed by atoms with van der Waals surface area (Å²) in [6, 6.07) is 0. The first-order valence-electron chi connectivity index (χ1n) is 4.24. The van der Waals surface area contributed by atoms with E-state index in [-0.39, 0.29) is 6.54 Å². The van der Waals surface area contributed by atoms with Crippen molar-refractivity contribution in [2.24, 2.45) is 0 Å². The molecule has 0 aliphatic rings. The maximum absolute atomic E-state index is 10.5. The van der Waals surface area contributed by atoms with Gasteiger partial charge in [-0.2, -0.15) is 0 Å². The highest BCUT2D eigenvalue weighted by Crippen LogP contribution is 2.23. The molecule has 11 heteroatoms. The van der Waals surface area contributed by atoms with Gasteiger partial charge in [0.1, 0.15) is 11.6 Å². The second-order valence-corrected chi connectivity index (χ2v) is 5.34. The molecule has 0 atom stereocenters. The zero-order valence-corrected chi connectivity index (χ0v) is 10.5. The first-order valence-corrected chi connectivity index (χ1v) is 6.42. The summed E-state index contributed by atoms with van der Waals surface area (Å²) < 4.78 is 1.57. The van der Waals surface area contributed by atoms with Crippen molar-refractivity contribution >= 4 is 40.7 Å². The highest BCUT2D eigenvalue weighted by Gasteiger charge is 2.11. The maximum Gasteiger partial charge on any atom is 0.325 e. The van der Waals surface area contributed by atoms with Crippen LogP contribution in [0, 0.1) is 0 Å². The molecule has 0 aromatic carbocycles. The van der Waals surface area contributed by atoms with Crippen LogP contribution >= 0.6 is 34.7 Å². The molecule has 0 amide bonds. The van der Waals surface area contributed by atoms with Crippen molar-refractivity contribution < 1.29 is 9.90 Å². The molecule has 90 valence electrons. The van der Waals surface area contributed by atoms with Crippen LogP contribution in [-0.2, 0) is 17.1 Å². The van der Waals surface area contributed by atoms with Crippen molar-refractivity contribution in [1.82, 2.24) is 30.4 Å². The van der Waals surface area contributed by atoms with Crippen LogP contribution in [0.3, 0.4) is 0 Å². The Morgan fingerprint density at radius 1 is 1.47 bits per heavy atom. The van der Waals surface area contributed by atoms with Gasteiger partial charge in [0, 0.05) is 0 Å². The van der Waals surface area contributed by atoms with Gasteiger partial charge < -0.3 is 5.11 Å². The normalized spacial score (nSPS) is 10.6. The topological polar surface area (TPSA) is 107 Å². The van der Waals surface area contributed by atoms with Crippen molar-refractivity contribution in [2.75, 3.05) is 0 Å². The van der Waals surface area contributed by atoms with E-state index in [1.54, 1.807) is 0 Å². The van der Waals surface area contributed by atoms with Gasteiger partial charge in [-0.3, -0.25) is 4.79 Å². The highest BCUT2D eigenvalue weighted by atomic mass is 35.5. The molecule has 8 nitrogen and oxygen atoms in total. The third-order valence-corrected chi connectivity index (χ3v) is 3.72. The zero-order valence-electron chi connectivity index (χ0n) is 8.15. The van der Waals surface area contributed by atoms with E-state index in [1.165, 1.54) is 27.8 Å². The van der Waals surface area contributed by atoms with Crippen LogP contribution < -0.4 is 0 Å². The number of halogens is 1. The van der Waals surface area contributed by atoms with Crippen molar-refractivity contribution in [3.63, 3.8) is 0 Å². The number of tetrazole rings is 1. The van der Waals surface area contributed by atoms with E-state index in [4.69, 9.17) is 16.7 Å². The van der Waals surface area contributed by atoms with Gasteiger partial charge in [0.2, 0.25) is 9.62 Å². The van der Waals surface area contributed by atoms with E-state index in [1.807, 2.05) is 0 Å². The number of nitrogens with zero attached hydrogens (tertiary/aromatic N) is 6. The lowest BCUT2D eigenvalue weighted by molar-refractivity contribution is -0.138. The van der Waals surface area contributed by atoms with Gasteiger partial charge in [0.05, 0.1) is 5.75 Å². The molecular formula is C6H5ClN6O2S2. The lowest BCUT2D eigenvalue weighted by Gasteiger charge is -1.98. The molecule has 1 N–H and O–H groups in total. The molecular weight excluding hydrogens is 288 g/mol. The summed E-state index contributed by atoms with van der Waals surface area (Å²) in [4.78, 5) is 10.5. The molecule has 0 unspecified atom stereocenters. The summed E-state index contributed by atoms with van der Waals surface area (Å²) >= 11 is 8.17. The zero-order chi connectivity index (χ0) is 12.3. The summed E-state index contributed by atoms with van der Waals surface area (Å²) in [6.07, 6.45) is 0. The number of hydrogen-bond acceptors (Lipinski definition) is 8. The van der Waals surface area contributed by atoms with E-state index in [0.717, 1.165) is 5.01 Å². The molecule has 0 saturated heterocycles. The van der Waals surface area contributed by atoms with Crippen molar-refractivity contribution in [3.8, 4) is 0 Å². The maximum atomic E-state index is 10.5. The van der Waals surface area contributed by atoms with Crippen LogP contribution in [0.5, 0.6) is 0 Å². The van der Waals surface area contributed by atoms with Gasteiger partial charge in [-0.05, 0) is 22.0 Å². The minimum Gasteiger partial charge on any atom is -0.480 e. The summed E-state index contributed by atoms with van der Waals surface area (Å²) in [7, 11) is 0. The van der Waals surface area contributed by atoms with E-state index in [0.29, 0.717) is 15.4 Å². The van der Waals surface area contributed by atoms with Crippen LogP contribution in [0.2, 0.25) is 4.47 Å². The van der Waals surface area contributed by atoms with Gasteiger partial charge in [-0.25, -0.2) is 4.68 Å². The fourth-order valence-electron chi connectivity index (χ4n) is 0.945. The average Bonchev–Trinajstić information content (AvgIpc) is 2.84. The smallest absolute Gasteiger partial charge is 0.325 e. The molecule has 0 radical (unpaired) electrons. The molecule has 2 rings (SSSR count). The summed E-state index contributed by atoms with van der Waals surface area (Å²) in [5, 5.41) is 28.0. The first-order chi connectivity index (χ1) is 8.15. The molecule has 17 heavy (non-hydrogen) atoms. The Balaban J connectivity index is 1.99. The fraction of sp³-hybridized carbons (Fsp3) is 0.333. The van der Waals surface area contributed by atoms with Crippen LogP contribution in [0.4, 0.5) is 0 Å². The van der Waals surface area contributed by atoms with Crippen LogP contribution in [0.25, 0.3) is 0 Å². The Morgan fingerprint density at radius 3 is 2.94 bits per heavy atom. The second kappa shape index (κ2) is 5.38. The summed E-state index contributed by atoms with van der Waals surface area (Å²) in [5.74, 6) is -0.511. The van der Waals surface area contributed by atoms with E-state index < -0.39 is 5.97 Å². The van der Waals surface area contributed by atoms with Gasteiger partial charge in [-0.1, -0.05) is 23.1 Å². The lowest BCUT2D eigenvalue weighted by atomic mass is 10.7. The minimum absolute atomic E-state index is 0.272. The lowest BCUT2D eigenvalue weighted by Crippen LogP contribution is -2.11. The molecule has 2 aromatic rings. The van der Waals surface area contributed by atoms with Crippen LogP contribution in [0.1, 0.15) is 5.01 Å². The Hall–Kier alpha value is -1.26. The van der Waals surface area contributed by atoms with Crippen LogP contribution in [0.15, 0.2) is 5.16 Å². The SMILES string of the molecule is O=C(O)Cn1nnnc1SCc1nnc(Cl)s1. The Labute approximate surface area is 108 Å².